The second-order valence-electron chi connectivity index (χ2n) is 6.15. The fraction of sp³-hybridized carbons (Fsp3) is 0.632. The van der Waals surface area contributed by atoms with Crippen molar-refractivity contribution in [3.05, 3.63) is 35.4 Å². The largest absolute Gasteiger partial charge is 0.349 e. The number of carbonyl (C=O) groups is 1. The minimum absolute atomic E-state index is 0.104. The minimum atomic E-state index is -0.428. The van der Waals surface area contributed by atoms with Gasteiger partial charge in [0.15, 0.2) is 11.6 Å². The average Bonchev–Trinajstić information content (AvgIpc) is 3.22. The molecule has 0 unspecified atom stereocenters. The molecule has 1 aromatic rings. The Morgan fingerprint density at radius 2 is 1.64 bits per heavy atom. The van der Waals surface area contributed by atoms with Crippen LogP contribution in [0, 0.1) is 0 Å². The van der Waals surface area contributed by atoms with Crippen LogP contribution in [-0.2, 0) is 9.47 Å². The number of hydrogen-bond donors (Lipinski definition) is 0. The minimum Gasteiger partial charge on any atom is -0.349 e. The third kappa shape index (κ3) is 4.17. The SMILES string of the molecule is CCCCOC1(OCCCC)C[C@H]1c1ccc(C(C)=O)cc1. The lowest BCUT2D eigenvalue weighted by atomic mass is 10.1. The summed E-state index contributed by atoms with van der Waals surface area (Å²) in [5, 5.41) is 0. The van der Waals surface area contributed by atoms with E-state index < -0.39 is 5.79 Å². The van der Waals surface area contributed by atoms with Crippen molar-refractivity contribution in [1.82, 2.24) is 0 Å². The number of benzene rings is 1. The monoisotopic (exact) mass is 304 g/mol. The molecule has 0 bridgehead atoms. The fourth-order valence-corrected chi connectivity index (χ4v) is 2.69. The van der Waals surface area contributed by atoms with E-state index in [-0.39, 0.29) is 5.78 Å². The molecule has 0 aromatic heterocycles. The molecule has 1 aromatic carbocycles. The molecule has 0 radical (unpaired) electrons. The molecule has 0 N–H and O–H groups in total. The lowest BCUT2D eigenvalue weighted by Crippen LogP contribution is -2.23. The first kappa shape index (κ1) is 17.2. The maximum absolute atomic E-state index is 11.4. The molecule has 1 aliphatic rings. The van der Waals surface area contributed by atoms with Crippen molar-refractivity contribution in [1.29, 1.82) is 0 Å². The number of ketones is 1. The van der Waals surface area contributed by atoms with E-state index in [1.165, 1.54) is 5.56 Å². The number of unbranched alkanes of at least 4 members (excludes halogenated alkanes) is 2. The molecule has 0 amide bonds. The van der Waals surface area contributed by atoms with Gasteiger partial charge in [-0.15, -0.1) is 0 Å². The number of ether oxygens (including phenoxy) is 2. The Labute approximate surface area is 134 Å². The summed E-state index contributed by atoms with van der Waals surface area (Å²) in [6.07, 6.45) is 5.30. The Balaban J connectivity index is 2.01. The molecule has 3 heteroatoms. The van der Waals surface area contributed by atoms with Crippen LogP contribution in [0.4, 0.5) is 0 Å². The zero-order chi connectivity index (χ0) is 16.0. The maximum Gasteiger partial charge on any atom is 0.176 e. The second-order valence-corrected chi connectivity index (χ2v) is 6.15. The highest BCUT2D eigenvalue weighted by Gasteiger charge is 2.57. The average molecular weight is 304 g/mol. The molecular weight excluding hydrogens is 276 g/mol. The molecule has 1 aliphatic carbocycles. The van der Waals surface area contributed by atoms with E-state index >= 15 is 0 Å². The molecule has 0 saturated heterocycles. The van der Waals surface area contributed by atoms with E-state index in [4.69, 9.17) is 9.47 Å². The molecule has 22 heavy (non-hydrogen) atoms. The van der Waals surface area contributed by atoms with Gasteiger partial charge in [0, 0.05) is 17.9 Å². The van der Waals surface area contributed by atoms with Crippen molar-refractivity contribution in [2.45, 2.75) is 64.6 Å². The topological polar surface area (TPSA) is 35.5 Å². The quantitative estimate of drug-likeness (QED) is 0.357. The molecule has 2 rings (SSSR count). The van der Waals surface area contributed by atoms with E-state index in [0.29, 0.717) is 5.92 Å². The van der Waals surface area contributed by atoms with Crippen LogP contribution in [0.25, 0.3) is 0 Å². The number of hydrogen-bond acceptors (Lipinski definition) is 3. The van der Waals surface area contributed by atoms with Gasteiger partial charge in [-0.3, -0.25) is 4.79 Å². The Kier molecular flexibility index (Phi) is 6.16. The molecular formula is C19H28O3. The zero-order valence-corrected chi connectivity index (χ0v) is 14.1. The molecule has 1 atom stereocenters. The lowest BCUT2D eigenvalue weighted by molar-refractivity contribution is -0.171. The van der Waals surface area contributed by atoms with Gasteiger partial charge in [0.2, 0.25) is 0 Å². The smallest absolute Gasteiger partial charge is 0.176 e. The van der Waals surface area contributed by atoms with E-state index in [1.54, 1.807) is 6.92 Å². The summed E-state index contributed by atoms with van der Waals surface area (Å²) in [5.41, 5.74) is 1.96. The predicted octanol–water partition coefficient (Wildman–Crippen LogP) is 4.71. The first-order chi connectivity index (χ1) is 10.6. The van der Waals surface area contributed by atoms with Gasteiger partial charge in [0.25, 0.3) is 0 Å². The maximum atomic E-state index is 11.4. The van der Waals surface area contributed by atoms with Crippen LogP contribution in [0.5, 0.6) is 0 Å². The number of Topliss-reactive ketones (excluding diaryl/α,β-unsaturated/α-hetero) is 1. The Bertz CT molecular complexity index is 468. The molecule has 122 valence electrons. The third-order valence-corrected chi connectivity index (χ3v) is 4.27. The number of carbonyl (C=O) groups excluding carboxylic acids is 1. The van der Waals surface area contributed by atoms with Crippen LogP contribution < -0.4 is 0 Å². The summed E-state index contributed by atoms with van der Waals surface area (Å²) in [6.45, 7) is 7.44. The Morgan fingerprint density at radius 3 is 2.09 bits per heavy atom. The zero-order valence-electron chi connectivity index (χ0n) is 14.1. The highest BCUT2D eigenvalue weighted by atomic mass is 16.7. The summed E-state index contributed by atoms with van der Waals surface area (Å²) in [7, 11) is 0. The van der Waals surface area contributed by atoms with Crippen molar-refractivity contribution < 1.29 is 14.3 Å². The van der Waals surface area contributed by atoms with Gasteiger partial charge in [-0.25, -0.2) is 0 Å². The van der Waals surface area contributed by atoms with Crippen molar-refractivity contribution in [2.75, 3.05) is 13.2 Å². The highest BCUT2D eigenvalue weighted by Crippen LogP contribution is 2.55. The van der Waals surface area contributed by atoms with E-state index in [9.17, 15) is 4.79 Å². The summed E-state index contributed by atoms with van der Waals surface area (Å²) in [4.78, 5) is 11.4. The highest BCUT2D eigenvalue weighted by molar-refractivity contribution is 5.94. The van der Waals surface area contributed by atoms with Crippen LogP contribution >= 0.6 is 0 Å². The van der Waals surface area contributed by atoms with Crippen molar-refractivity contribution in [3.63, 3.8) is 0 Å². The van der Waals surface area contributed by atoms with Crippen LogP contribution in [0.1, 0.15) is 74.7 Å². The van der Waals surface area contributed by atoms with E-state index in [1.807, 2.05) is 24.3 Å². The molecule has 0 heterocycles. The van der Waals surface area contributed by atoms with Crippen molar-refractivity contribution in [2.24, 2.45) is 0 Å². The fourth-order valence-electron chi connectivity index (χ4n) is 2.69. The van der Waals surface area contributed by atoms with Crippen LogP contribution in [0.3, 0.4) is 0 Å². The van der Waals surface area contributed by atoms with Gasteiger partial charge in [-0.2, -0.15) is 0 Å². The van der Waals surface area contributed by atoms with E-state index in [2.05, 4.69) is 13.8 Å². The van der Waals surface area contributed by atoms with Gasteiger partial charge in [-0.05, 0) is 25.3 Å². The summed E-state index contributed by atoms with van der Waals surface area (Å²) < 4.78 is 12.2. The molecule has 1 saturated carbocycles. The molecule has 0 spiro atoms. The Hall–Kier alpha value is -1.19. The lowest BCUT2D eigenvalue weighted by Gasteiger charge is -2.20. The summed E-state index contributed by atoms with van der Waals surface area (Å²) in [6, 6.07) is 7.88. The van der Waals surface area contributed by atoms with Crippen LogP contribution in [0.2, 0.25) is 0 Å². The van der Waals surface area contributed by atoms with Crippen molar-refractivity contribution in [3.8, 4) is 0 Å². The van der Waals surface area contributed by atoms with Crippen LogP contribution in [-0.4, -0.2) is 24.8 Å². The van der Waals surface area contributed by atoms with E-state index in [0.717, 1.165) is 50.9 Å². The normalized spacial score (nSPS) is 19.1. The first-order valence-electron chi connectivity index (χ1n) is 8.51. The first-order valence-corrected chi connectivity index (χ1v) is 8.51. The predicted molar refractivity (Wildman–Crippen MR) is 88.3 cm³/mol. The summed E-state index contributed by atoms with van der Waals surface area (Å²) in [5.74, 6) is -0.0311. The molecule has 0 aliphatic heterocycles. The van der Waals surface area contributed by atoms with Gasteiger partial charge in [-0.1, -0.05) is 51.0 Å². The van der Waals surface area contributed by atoms with Crippen molar-refractivity contribution >= 4 is 5.78 Å². The summed E-state index contributed by atoms with van der Waals surface area (Å²) >= 11 is 0. The van der Waals surface area contributed by atoms with Gasteiger partial charge >= 0.3 is 0 Å². The van der Waals surface area contributed by atoms with Gasteiger partial charge in [0.1, 0.15) is 0 Å². The third-order valence-electron chi connectivity index (χ3n) is 4.27. The Morgan fingerprint density at radius 1 is 1.09 bits per heavy atom. The standard InChI is InChI=1S/C19H28O3/c1-4-6-12-21-19(22-13-7-5-2)14-18(19)17-10-8-16(9-11-17)15(3)20/h8-11,18H,4-7,12-14H2,1-3H3/t18-/m0/s1. The van der Waals surface area contributed by atoms with Gasteiger partial charge in [0.05, 0.1) is 13.2 Å². The van der Waals surface area contributed by atoms with Gasteiger partial charge < -0.3 is 9.47 Å². The molecule has 1 fully saturated rings. The molecule has 3 nitrogen and oxygen atoms in total. The number of rotatable bonds is 10. The van der Waals surface area contributed by atoms with Crippen LogP contribution in [0.15, 0.2) is 24.3 Å². The second kappa shape index (κ2) is 7.89.